The zero-order chi connectivity index (χ0) is 18.7. The molecule has 1 heterocycles. The van der Waals surface area contributed by atoms with E-state index in [1.165, 1.54) is 11.2 Å². The van der Waals surface area contributed by atoms with Crippen LogP contribution in [0.5, 0.6) is 0 Å². The summed E-state index contributed by atoms with van der Waals surface area (Å²) in [5.41, 5.74) is 8.44. The van der Waals surface area contributed by atoms with Gasteiger partial charge in [-0.15, -0.1) is 0 Å². The molecule has 1 amide bonds. The summed E-state index contributed by atoms with van der Waals surface area (Å²) in [5.74, 6) is -0.357. The molecule has 1 saturated heterocycles. The number of nitrogens with zero attached hydrogens (tertiary/aromatic N) is 1. The first-order chi connectivity index (χ1) is 12.3. The number of benzene rings is 2. The smallest absolute Gasteiger partial charge is 0.324 e. The maximum Gasteiger partial charge on any atom is 0.416 e. The molecule has 1 atom stereocenters. The van der Waals surface area contributed by atoms with Crippen LogP contribution < -0.4 is 21.7 Å². The standard InChI is InChI=1S/C16H15ClF3N5O/c17-12-6-1-2-7-13(12)21-14(26)9-25-23-15(22-24-25)10-4-3-5-11(8-10)16(18,19)20/h1-8,15,22-24H,9H2,(H,21,26). The molecule has 3 rings (SSSR count). The van der Waals surface area contributed by atoms with Gasteiger partial charge in [-0.2, -0.15) is 23.8 Å². The molecular formula is C16H15ClF3N5O. The Morgan fingerprint density at radius 3 is 2.69 bits per heavy atom. The molecule has 1 aliphatic heterocycles. The minimum Gasteiger partial charge on any atom is -0.324 e. The van der Waals surface area contributed by atoms with Gasteiger partial charge in [0.2, 0.25) is 5.91 Å². The summed E-state index contributed by atoms with van der Waals surface area (Å²) in [7, 11) is 0. The Labute approximate surface area is 152 Å². The maximum absolute atomic E-state index is 12.8. The van der Waals surface area contributed by atoms with Crippen LogP contribution in [0.4, 0.5) is 18.9 Å². The van der Waals surface area contributed by atoms with Crippen LogP contribution in [0.1, 0.15) is 17.3 Å². The second-order valence-electron chi connectivity index (χ2n) is 5.56. The number of carbonyl (C=O) groups excluding carboxylic acids is 1. The van der Waals surface area contributed by atoms with Gasteiger partial charge in [-0.05, 0) is 29.8 Å². The highest BCUT2D eigenvalue weighted by atomic mass is 35.5. The molecular weight excluding hydrogens is 371 g/mol. The Hall–Kier alpha value is -2.17. The number of hydrogen-bond acceptors (Lipinski definition) is 5. The predicted octanol–water partition coefficient (Wildman–Crippen LogP) is 2.83. The van der Waals surface area contributed by atoms with Crippen molar-refractivity contribution in [3.05, 3.63) is 64.7 Å². The average molecular weight is 386 g/mol. The highest BCUT2D eigenvalue weighted by molar-refractivity contribution is 6.33. The Morgan fingerprint density at radius 2 is 1.96 bits per heavy atom. The van der Waals surface area contributed by atoms with Gasteiger partial charge in [0.1, 0.15) is 12.7 Å². The van der Waals surface area contributed by atoms with Crippen LogP contribution in [0, 0.1) is 0 Å². The second kappa shape index (κ2) is 7.60. The highest BCUT2D eigenvalue weighted by Gasteiger charge is 2.32. The van der Waals surface area contributed by atoms with E-state index in [1.807, 2.05) is 0 Å². The first-order valence-corrected chi connectivity index (χ1v) is 7.97. The van der Waals surface area contributed by atoms with Crippen LogP contribution in [-0.4, -0.2) is 17.6 Å². The van der Waals surface area contributed by atoms with Gasteiger partial charge in [0.25, 0.3) is 0 Å². The third kappa shape index (κ3) is 4.51. The van der Waals surface area contributed by atoms with Gasteiger partial charge in [-0.1, -0.05) is 35.9 Å². The van der Waals surface area contributed by atoms with Crippen molar-refractivity contribution in [3.8, 4) is 0 Å². The summed E-state index contributed by atoms with van der Waals surface area (Å²) >= 11 is 5.98. The van der Waals surface area contributed by atoms with E-state index in [0.717, 1.165) is 12.1 Å². The van der Waals surface area contributed by atoms with E-state index >= 15 is 0 Å². The van der Waals surface area contributed by atoms with Gasteiger partial charge in [0.05, 0.1) is 16.3 Å². The molecule has 10 heteroatoms. The van der Waals surface area contributed by atoms with Crippen LogP contribution in [-0.2, 0) is 11.0 Å². The summed E-state index contributed by atoms with van der Waals surface area (Å²) < 4.78 is 38.4. The van der Waals surface area contributed by atoms with Crippen LogP contribution in [0.15, 0.2) is 48.5 Å². The lowest BCUT2D eigenvalue weighted by Gasteiger charge is -2.16. The molecule has 138 valence electrons. The van der Waals surface area contributed by atoms with Crippen LogP contribution in [0.2, 0.25) is 5.02 Å². The second-order valence-corrected chi connectivity index (χ2v) is 5.96. The molecule has 1 aliphatic rings. The van der Waals surface area contributed by atoms with Gasteiger partial charge in [-0.25, -0.2) is 10.9 Å². The monoisotopic (exact) mass is 385 g/mol. The summed E-state index contributed by atoms with van der Waals surface area (Å²) in [6, 6.07) is 11.7. The van der Waals surface area contributed by atoms with E-state index in [4.69, 9.17) is 11.6 Å². The van der Waals surface area contributed by atoms with E-state index in [9.17, 15) is 18.0 Å². The van der Waals surface area contributed by atoms with E-state index in [0.29, 0.717) is 16.3 Å². The molecule has 2 aromatic rings. The molecule has 2 aromatic carbocycles. The Kier molecular flexibility index (Phi) is 5.44. The summed E-state index contributed by atoms with van der Waals surface area (Å²) in [6.07, 6.45) is -5.04. The summed E-state index contributed by atoms with van der Waals surface area (Å²) in [6.45, 7) is -0.103. The number of halogens is 4. The number of para-hydroxylation sites is 1. The van der Waals surface area contributed by atoms with Gasteiger partial charge in [0.15, 0.2) is 0 Å². The fourth-order valence-corrected chi connectivity index (χ4v) is 2.58. The number of hydrogen-bond donors (Lipinski definition) is 4. The van der Waals surface area contributed by atoms with Crippen molar-refractivity contribution < 1.29 is 18.0 Å². The normalized spacial score (nSPS) is 18.1. The molecule has 0 bridgehead atoms. The lowest BCUT2D eigenvalue weighted by Crippen LogP contribution is -2.45. The van der Waals surface area contributed by atoms with Crippen molar-refractivity contribution in [3.63, 3.8) is 0 Å². The molecule has 4 N–H and O–H groups in total. The molecule has 0 radical (unpaired) electrons. The third-order valence-corrected chi connectivity index (χ3v) is 3.96. The van der Waals surface area contributed by atoms with Crippen molar-refractivity contribution >= 4 is 23.2 Å². The Morgan fingerprint density at radius 1 is 1.19 bits per heavy atom. The lowest BCUT2D eigenvalue weighted by atomic mass is 10.1. The van der Waals surface area contributed by atoms with Crippen molar-refractivity contribution in [2.24, 2.45) is 0 Å². The zero-order valence-corrected chi connectivity index (χ0v) is 14.0. The van der Waals surface area contributed by atoms with Crippen LogP contribution in [0.3, 0.4) is 0 Å². The molecule has 1 unspecified atom stereocenters. The number of amides is 1. The summed E-state index contributed by atoms with van der Waals surface area (Å²) in [4.78, 5) is 12.1. The zero-order valence-electron chi connectivity index (χ0n) is 13.3. The SMILES string of the molecule is O=C(CN1NNC(c2cccc(C(F)(F)F)c2)N1)Nc1ccccc1Cl. The van der Waals surface area contributed by atoms with Gasteiger partial charge < -0.3 is 5.32 Å². The first kappa shape index (κ1) is 18.6. The number of rotatable bonds is 4. The predicted molar refractivity (Wildman–Crippen MR) is 90.4 cm³/mol. The summed E-state index contributed by atoms with van der Waals surface area (Å²) in [5, 5.41) is 4.39. The molecule has 0 spiro atoms. The molecule has 0 saturated carbocycles. The largest absolute Gasteiger partial charge is 0.416 e. The van der Waals surface area contributed by atoms with Gasteiger partial charge in [-0.3, -0.25) is 4.79 Å². The number of anilines is 1. The van der Waals surface area contributed by atoms with Crippen molar-refractivity contribution in [2.75, 3.05) is 11.9 Å². The quantitative estimate of drug-likeness (QED) is 0.651. The first-order valence-electron chi connectivity index (χ1n) is 7.59. The topological polar surface area (TPSA) is 68.4 Å². The van der Waals surface area contributed by atoms with E-state index < -0.39 is 17.9 Å². The number of alkyl halides is 3. The minimum atomic E-state index is -4.42. The van der Waals surface area contributed by atoms with E-state index in [2.05, 4.69) is 21.7 Å². The number of nitrogens with one attached hydrogen (secondary N) is 4. The molecule has 0 aliphatic carbocycles. The van der Waals surface area contributed by atoms with Crippen molar-refractivity contribution in [1.29, 1.82) is 0 Å². The van der Waals surface area contributed by atoms with Crippen LogP contribution >= 0.6 is 11.6 Å². The van der Waals surface area contributed by atoms with Crippen molar-refractivity contribution in [2.45, 2.75) is 12.3 Å². The molecule has 6 nitrogen and oxygen atoms in total. The van der Waals surface area contributed by atoms with Gasteiger partial charge in [0, 0.05) is 0 Å². The fourth-order valence-electron chi connectivity index (χ4n) is 2.40. The number of hydrazine groups is 3. The average Bonchev–Trinajstić information content (AvgIpc) is 3.05. The van der Waals surface area contributed by atoms with Crippen LogP contribution in [0.25, 0.3) is 0 Å². The van der Waals surface area contributed by atoms with Gasteiger partial charge >= 0.3 is 6.18 Å². The molecule has 1 fully saturated rings. The highest BCUT2D eigenvalue weighted by Crippen LogP contribution is 2.30. The van der Waals surface area contributed by atoms with Crippen molar-refractivity contribution in [1.82, 2.24) is 21.5 Å². The van der Waals surface area contributed by atoms with E-state index in [-0.39, 0.29) is 12.5 Å². The molecule has 26 heavy (non-hydrogen) atoms. The minimum absolute atomic E-state index is 0.103. The third-order valence-electron chi connectivity index (χ3n) is 3.63. The lowest BCUT2D eigenvalue weighted by molar-refractivity contribution is -0.137. The Bertz CT molecular complexity index is 801. The maximum atomic E-state index is 12.8. The fraction of sp³-hybridized carbons (Fsp3) is 0.188. The van der Waals surface area contributed by atoms with E-state index in [1.54, 1.807) is 30.3 Å². The molecule has 0 aromatic heterocycles. The Balaban J connectivity index is 1.59. The number of carbonyl (C=O) groups is 1.